The van der Waals surface area contributed by atoms with Crippen LogP contribution in [-0.4, -0.2) is 29.0 Å². The minimum absolute atomic E-state index is 0.508. The number of aryl methyl sites for hydroxylation is 2. The Labute approximate surface area is 163 Å². The molecule has 2 heterocycles. The van der Waals surface area contributed by atoms with Gasteiger partial charge in [0.05, 0.1) is 0 Å². The third kappa shape index (κ3) is 2.02. The maximum atomic E-state index is 2.40. The van der Waals surface area contributed by atoms with Crippen LogP contribution in [-0.2, 0) is 0 Å². The summed E-state index contributed by atoms with van der Waals surface area (Å²) in [4.78, 5) is 0. The van der Waals surface area contributed by atoms with Crippen LogP contribution in [0.2, 0.25) is 0 Å². The first kappa shape index (κ1) is 15.3. The SMILES string of the molecule is Cc1cc2c(ccc3c2ccc2c4ccc5[se]c(C)cc5c4ccc32)[se]1. The van der Waals surface area contributed by atoms with Gasteiger partial charge in [0.25, 0.3) is 0 Å². The molecule has 0 amide bonds. The van der Waals surface area contributed by atoms with E-state index in [0.717, 1.165) is 0 Å². The summed E-state index contributed by atoms with van der Waals surface area (Å²) in [6, 6.07) is 23.6. The summed E-state index contributed by atoms with van der Waals surface area (Å²) >= 11 is 1.02. The van der Waals surface area contributed by atoms with Crippen molar-refractivity contribution in [2.24, 2.45) is 0 Å². The van der Waals surface area contributed by atoms with Crippen LogP contribution in [0, 0.1) is 13.8 Å². The summed E-state index contributed by atoms with van der Waals surface area (Å²) < 4.78 is 6.11. The summed E-state index contributed by atoms with van der Waals surface area (Å²) in [5, 5.41) is 11.3. The van der Waals surface area contributed by atoms with E-state index in [1.807, 2.05) is 0 Å². The molecule has 26 heavy (non-hydrogen) atoms. The molecule has 4 aromatic carbocycles. The summed E-state index contributed by atoms with van der Waals surface area (Å²) in [6.07, 6.45) is 0. The summed E-state index contributed by atoms with van der Waals surface area (Å²) in [6.45, 7) is 4.52. The zero-order chi connectivity index (χ0) is 17.4. The van der Waals surface area contributed by atoms with Crippen LogP contribution < -0.4 is 0 Å². The number of benzene rings is 4. The van der Waals surface area contributed by atoms with Crippen molar-refractivity contribution >= 4 is 80.6 Å². The van der Waals surface area contributed by atoms with Crippen LogP contribution in [0.5, 0.6) is 0 Å². The topological polar surface area (TPSA) is 0 Å². The van der Waals surface area contributed by atoms with E-state index in [0.29, 0.717) is 29.0 Å². The van der Waals surface area contributed by atoms with Gasteiger partial charge in [0.2, 0.25) is 0 Å². The van der Waals surface area contributed by atoms with Gasteiger partial charge in [-0.15, -0.1) is 0 Å². The second kappa shape index (κ2) is 5.35. The van der Waals surface area contributed by atoms with Crippen LogP contribution in [0.15, 0.2) is 60.7 Å². The van der Waals surface area contributed by atoms with E-state index in [4.69, 9.17) is 0 Å². The van der Waals surface area contributed by atoms with Gasteiger partial charge < -0.3 is 0 Å². The van der Waals surface area contributed by atoms with Gasteiger partial charge in [0.15, 0.2) is 0 Å². The molecule has 0 spiro atoms. The van der Waals surface area contributed by atoms with Gasteiger partial charge >= 0.3 is 164 Å². The Balaban J connectivity index is 1.81. The molecule has 0 atom stereocenters. The van der Waals surface area contributed by atoms with Gasteiger partial charge in [-0.25, -0.2) is 0 Å². The van der Waals surface area contributed by atoms with Gasteiger partial charge in [0.1, 0.15) is 0 Å². The first-order valence-corrected chi connectivity index (χ1v) is 12.3. The maximum absolute atomic E-state index is 2.40. The molecule has 0 aliphatic carbocycles. The van der Waals surface area contributed by atoms with E-state index in [1.54, 1.807) is 0 Å². The van der Waals surface area contributed by atoms with E-state index in [9.17, 15) is 0 Å². The minimum atomic E-state index is 0.508. The molecule has 2 aromatic heterocycles. The molecule has 0 nitrogen and oxygen atoms in total. The van der Waals surface area contributed by atoms with Crippen molar-refractivity contribution in [3.63, 3.8) is 0 Å². The molecule has 0 saturated heterocycles. The molecule has 0 N–H and O–H groups in total. The second-order valence-corrected chi connectivity index (χ2v) is 12.5. The molecule has 0 radical (unpaired) electrons. The van der Waals surface area contributed by atoms with Crippen LogP contribution in [0.3, 0.4) is 0 Å². The Morgan fingerprint density at radius 3 is 1.12 bits per heavy atom. The van der Waals surface area contributed by atoms with Crippen LogP contribution >= 0.6 is 0 Å². The average molecular weight is 462 g/mol. The Morgan fingerprint density at radius 1 is 0.423 bits per heavy atom. The van der Waals surface area contributed by atoms with E-state index in [-0.39, 0.29) is 0 Å². The predicted molar refractivity (Wildman–Crippen MR) is 117 cm³/mol. The molecule has 0 aliphatic heterocycles. The Morgan fingerprint density at radius 2 is 0.731 bits per heavy atom. The fourth-order valence-electron chi connectivity index (χ4n) is 4.33. The van der Waals surface area contributed by atoms with Crippen LogP contribution in [0.4, 0.5) is 0 Å². The Kier molecular flexibility index (Phi) is 3.14. The second-order valence-electron chi connectivity index (χ2n) is 7.09. The molecule has 0 unspecified atom stereocenters. The molecule has 0 fully saturated rings. The third-order valence-corrected chi connectivity index (χ3v) is 9.70. The van der Waals surface area contributed by atoms with Crippen molar-refractivity contribution < 1.29 is 0 Å². The van der Waals surface area contributed by atoms with E-state index < -0.39 is 0 Å². The molecular weight excluding hydrogens is 446 g/mol. The Bertz CT molecular complexity index is 1380. The molecule has 0 bridgehead atoms. The summed E-state index contributed by atoms with van der Waals surface area (Å²) in [7, 11) is 0. The van der Waals surface area contributed by atoms with Gasteiger partial charge in [0, 0.05) is 0 Å². The summed E-state index contributed by atoms with van der Waals surface area (Å²) in [5.41, 5.74) is 0. The van der Waals surface area contributed by atoms with Crippen LogP contribution in [0.1, 0.15) is 8.87 Å². The van der Waals surface area contributed by atoms with Crippen molar-refractivity contribution in [3.05, 3.63) is 69.5 Å². The van der Waals surface area contributed by atoms with Crippen molar-refractivity contribution in [2.75, 3.05) is 0 Å². The van der Waals surface area contributed by atoms with Crippen molar-refractivity contribution in [1.82, 2.24) is 0 Å². The fraction of sp³-hybridized carbons (Fsp3) is 0.0833. The third-order valence-electron chi connectivity index (χ3n) is 5.44. The molecule has 6 rings (SSSR count). The predicted octanol–water partition coefficient (Wildman–Crippen LogP) is 6.18. The van der Waals surface area contributed by atoms with Gasteiger partial charge in [-0.2, -0.15) is 0 Å². The zero-order valence-corrected chi connectivity index (χ0v) is 18.0. The van der Waals surface area contributed by atoms with Gasteiger partial charge in [-0.3, -0.25) is 0 Å². The van der Waals surface area contributed by atoms with Crippen molar-refractivity contribution in [1.29, 1.82) is 0 Å². The van der Waals surface area contributed by atoms with Crippen molar-refractivity contribution in [3.8, 4) is 0 Å². The monoisotopic (exact) mass is 464 g/mol. The quantitative estimate of drug-likeness (QED) is 0.187. The molecule has 2 heteroatoms. The Hall–Kier alpha value is -1.82. The van der Waals surface area contributed by atoms with Gasteiger partial charge in [-0.05, 0) is 0 Å². The molecule has 6 aromatic rings. The van der Waals surface area contributed by atoms with Crippen molar-refractivity contribution in [2.45, 2.75) is 13.8 Å². The van der Waals surface area contributed by atoms with Crippen LogP contribution in [0.25, 0.3) is 51.6 Å². The van der Waals surface area contributed by atoms with E-state index >= 15 is 0 Å². The number of hydrogen-bond donors (Lipinski definition) is 0. The van der Waals surface area contributed by atoms with E-state index in [2.05, 4.69) is 74.5 Å². The molecule has 0 saturated carbocycles. The molecule has 0 aliphatic rings. The number of fused-ring (bicyclic) bond motifs is 9. The standard InChI is InChI=1S/C24H16Se2/c1-13-11-21-19-5-3-16-15(17(19)7-9-23(21)25-13)4-6-20-18(16)8-10-24-22(20)12-14(2)26-24/h3-12H,1-2H3. The molecule has 124 valence electrons. The molecular formula is C24H16Se2. The first-order chi connectivity index (χ1) is 12.7. The summed E-state index contributed by atoms with van der Waals surface area (Å²) in [5.74, 6) is 0. The number of rotatable bonds is 0. The number of hydrogen-bond acceptors (Lipinski definition) is 0. The normalized spacial score (nSPS) is 12.2. The van der Waals surface area contributed by atoms with E-state index in [1.165, 1.54) is 60.5 Å². The zero-order valence-electron chi connectivity index (χ0n) is 14.6. The fourth-order valence-corrected chi connectivity index (χ4v) is 8.27. The van der Waals surface area contributed by atoms with Gasteiger partial charge in [-0.1, -0.05) is 0 Å². The average Bonchev–Trinajstić information content (AvgIpc) is 3.21. The first-order valence-electron chi connectivity index (χ1n) is 8.86.